The van der Waals surface area contributed by atoms with E-state index in [1.807, 2.05) is 58.9 Å². The van der Waals surface area contributed by atoms with Gasteiger partial charge in [-0.25, -0.2) is 4.79 Å². The van der Waals surface area contributed by atoms with Gasteiger partial charge in [0.05, 0.1) is 11.9 Å². The second-order valence-corrected chi connectivity index (χ2v) is 6.76. The van der Waals surface area contributed by atoms with Gasteiger partial charge >= 0.3 is 6.09 Å². The minimum Gasteiger partial charge on any atom is -0.443 e. The van der Waals surface area contributed by atoms with Gasteiger partial charge in [-0.1, -0.05) is 18.2 Å². The third-order valence-electron chi connectivity index (χ3n) is 3.84. The fraction of sp³-hybridized carbons (Fsp3) is 0.474. The molecule has 0 radical (unpaired) electrons. The molecule has 1 heterocycles. The number of benzene rings is 1. The SMILES string of the molecule is CCN(CC)C(=O)Cc1cn(C(=O)OC(C)(C)C)c2ccccc12. The summed E-state index contributed by atoms with van der Waals surface area (Å²) in [5.41, 5.74) is 1.03. The van der Waals surface area contributed by atoms with Crippen molar-refractivity contribution in [2.24, 2.45) is 0 Å². The van der Waals surface area contributed by atoms with Gasteiger partial charge in [-0.15, -0.1) is 0 Å². The van der Waals surface area contributed by atoms with Gasteiger partial charge in [0.25, 0.3) is 0 Å². The zero-order valence-corrected chi connectivity index (χ0v) is 15.1. The Kier molecular flexibility index (Phi) is 5.32. The van der Waals surface area contributed by atoms with Crippen molar-refractivity contribution < 1.29 is 14.3 Å². The van der Waals surface area contributed by atoms with Crippen LogP contribution in [0.5, 0.6) is 0 Å². The molecule has 0 aliphatic heterocycles. The van der Waals surface area contributed by atoms with Crippen molar-refractivity contribution in [2.45, 2.75) is 46.6 Å². The zero-order valence-electron chi connectivity index (χ0n) is 15.1. The lowest BCUT2D eigenvalue weighted by molar-refractivity contribution is -0.130. The number of nitrogens with zero attached hydrogens (tertiary/aromatic N) is 2. The number of hydrogen-bond donors (Lipinski definition) is 0. The van der Waals surface area contributed by atoms with E-state index in [1.165, 1.54) is 4.57 Å². The summed E-state index contributed by atoms with van der Waals surface area (Å²) in [4.78, 5) is 26.7. The number of ether oxygens (including phenoxy) is 1. The van der Waals surface area contributed by atoms with E-state index < -0.39 is 11.7 Å². The van der Waals surface area contributed by atoms with E-state index in [-0.39, 0.29) is 12.3 Å². The van der Waals surface area contributed by atoms with Crippen LogP contribution in [-0.2, 0) is 16.0 Å². The lowest BCUT2D eigenvalue weighted by atomic mass is 10.1. The molecule has 0 aliphatic carbocycles. The maximum atomic E-state index is 12.5. The Morgan fingerprint density at radius 3 is 2.33 bits per heavy atom. The standard InChI is InChI=1S/C19H26N2O3/c1-6-20(7-2)17(22)12-14-13-21(18(23)24-19(3,4)5)16-11-9-8-10-15(14)16/h8-11,13H,6-7,12H2,1-5H3. The number of fused-ring (bicyclic) bond motifs is 1. The first kappa shape index (κ1) is 18.0. The Hall–Kier alpha value is -2.30. The number of likely N-dealkylation sites (N-methyl/N-ethyl adjacent to an activating group) is 1. The smallest absolute Gasteiger partial charge is 0.419 e. The largest absolute Gasteiger partial charge is 0.443 e. The monoisotopic (exact) mass is 330 g/mol. The minimum absolute atomic E-state index is 0.0621. The predicted octanol–water partition coefficient (Wildman–Crippen LogP) is 3.84. The van der Waals surface area contributed by atoms with Crippen molar-refractivity contribution >= 4 is 22.9 Å². The van der Waals surface area contributed by atoms with Gasteiger partial charge in [-0.2, -0.15) is 0 Å². The molecule has 0 aliphatic rings. The van der Waals surface area contributed by atoms with Crippen molar-refractivity contribution in [3.05, 3.63) is 36.0 Å². The fourth-order valence-corrected chi connectivity index (χ4v) is 2.70. The lowest BCUT2D eigenvalue weighted by Crippen LogP contribution is -2.31. The molecule has 130 valence electrons. The Morgan fingerprint density at radius 1 is 1.12 bits per heavy atom. The summed E-state index contributed by atoms with van der Waals surface area (Å²) in [6.45, 7) is 10.8. The summed E-state index contributed by atoms with van der Waals surface area (Å²) in [7, 11) is 0. The highest BCUT2D eigenvalue weighted by molar-refractivity contribution is 5.94. The number of para-hydroxylation sites is 1. The molecule has 24 heavy (non-hydrogen) atoms. The van der Waals surface area contributed by atoms with E-state index in [9.17, 15) is 9.59 Å². The highest BCUT2D eigenvalue weighted by atomic mass is 16.6. The first-order valence-corrected chi connectivity index (χ1v) is 8.37. The molecule has 0 spiro atoms. The number of carbonyl (C=O) groups is 2. The van der Waals surface area contributed by atoms with Gasteiger partial charge in [-0.05, 0) is 46.2 Å². The minimum atomic E-state index is -0.570. The van der Waals surface area contributed by atoms with E-state index in [4.69, 9.17) is 4.74 Å². The van der Waals surface area contributed by atoms with Gasteiger partial charge in [0, 0.05) is 24.7 Å². The van der Waals surface area contributed by atoms with Gasteiger partial charge in [0.1, 0.15) is 5.60 Å². The third kappa shape index (κ3) is 3.96. The van der Waals surface area contributed by atoms with Crippen LogP contribution in [0.25, 0.3) is 10.9 Å². The molecule has 0 bridgehead atoms. The molecule has 2 aromatic rings. The Morgan fingerprint density at radius 2 is 1.75 bits per heavy atom. The van der Waals surface area contributed by atoms with Crippen LogP contribution in [0, 0.1) is 0 Å². The van der Waals surface area contributed by atoms with Gasteiger partial charge in [0.15, 0.2) is 0 Å². The van der Waals surface area contributed by atoms with Crippen molar-refractivity contribution in [1.82, 2.24) is 9.47 Å². The third-order valence-corrected chi connectivity index (χ3v) is 3.84. The highest BCUT2D eigenvalue weighted by Gasteiger charge is 2.22. The molecular weight excluding hydrogens is 304 g/mol. The van der Waals surface area contributed by atoms with Crippen molar-refractivity contribution in [3.8, 4) is 0 Å². The molecule has 1 aromatic carbocycles. The molecule has 2 rings (SSSR count). The van der Waals surface area contributed by atoms with Crippen molar-refractivity contribution in [1.29, 1.82) is 0 Å². The molecule has 0 saturated heterocycles. The molecule has 5 nitrogen and oxygen atoms in total. The van der Waals surface area contributed by atoms with E-state index in [0.717, 1.165) is 16.5 Å². The van der Waals surface area contributed by atoms with Gasteiger partial charge in [-0.3, -0.25) is 9.36 Å². The average molecular weight is 330 g/mol. The average Bonchev–Trinajstić information content (AvgIpc) is 2.86. The number of carbonyl (C=O) groups excluding carboxylic acids is 2. The van der Waals surface area contributed by atoms with Gasteiger partial charge < -0.3 is 9.64 Å². The zero-order chi connectivity index (χ0) is 17.9. The van der Waals surface area contributed by atoms with Crippen LogP contribution in [0.2, 0.25) is 0 Å². The van der Waals surface area contributed by atoms with E-state index in [0.29, 0.717) is 13.1 Å². The first-order valence-electron chi connectivity index (χ1n) is 8.37. The number of rotatable bonds is 4. The van der Waals surface area contributed by atoms with Gasteiger partial charge in [0.2, 0.25) is 5.91 Å². The summed E-state index contributed by atoms with van der Waals surface area (Å²) in [5.74, 6) is 0.0621. The molecule has 0 N–H and O–H groups in total. The van der Waals surface area contributed by atoms with E-state index >= 15 is 0 Å². The quantitative estimate of drug-likeness (QED) is 0.856. The second kappa shape index (κ2) is 7.07. The molecule has 0 atom stereocenters. The molecule has 1 amide bonds. The van der Waals surface area contributed by atoms with Crippen molar-refractivity contribution in [2.75, 3.05) is 13.1 Å². The van der Waals surface area contributed by atoms with Crippen LogP contribution in [0.3, 0.4) is 0 Å². The van der Waals surface area contributed by atoms with Crippen LogP contribution in [0.15, 0.2) is 30.5 Å². The maximum Gasteiger partial charge on any atom is 0.419 e. The van der Waals surface area contributed by atoms with Crippen LogP contribution in [0.4, 0.5) is 4.79 Å². The maximum absolute atomic E-state index is 12.5. The Balaban J connectivity index is 2.39. The molecule has 1 aromatic heterocycles. The topological polar surface area (TPSA) is 51.5 Å². The Bertz CT molecular complexity index is 737. The molecular formula is C19H26N2O3. The summed E-state index contributed by atoms with van der Waals surface area (Å²) >= 11 is 0. The Labute approximate surface area is 143 Å². The second-order valence-electron chi connectivity index (χ2n) is 6.76. The fourth-order valence-electron chi connectivity index (χ4n) is 2.70. The predicted molar refractivity (Wildman–Crippen MR) is 95.2 cm³/mol. The van der Waals surface area contributed by atoms with Crippen LogP contribution in [-0.4, -0.2) is 40.2 Å². The lowest BCUT2D eigenvalue weighted by Gasteiger charge is -2.19. The first-order chi connectivity index (χ1) is 11.3. The molecule has 5 heteroatoms. The summed E-state index contributed by atoms with van der Waals surface area (Å²) in [5, 5.41) is 0.906. The van der Waals surface area contributed by atoms with Crippen LogP contribution < -0.4 is 0 Å². The summed E-state index contributed by atoms with van der Waals surface area (Å²) in [6.07, 6.45) is 1.57. The highest BCUT2D eigenvalue weighted by Crippen LogP contribution is 2.23. The number of hydrogen-bond acceptors (Lipinski definition) is 3. The summed E-state index contributed by atoms with van der Waals surface area (Å²) < 4.78 is 6.96. The number of aromatic nitrogens is 1. The number of amides is 1. The molecule has 0 saturated carbocycles. The van der Waals surface area contributed by atoms with Crippen molar-refractivity contribution in [3.63, 3.8) is 0 Å². The normalized spacial score (nSPS) is 11.5. The van der Waals surface area contributed by atoms with Crippen LogP contribution in [0.1, 0.15) is 40.2 Å². The molecule has 0 unspecified atom stereocenters. The van der Waals surface area contributed by atoms with Crippen LogP contribution >= 0.6 is 0 Å². The molecule has 0 fully saturated rings. The van der Waals surface area contributed by atoms with E-state index in [2.05, 4.69) is 0 Å². The summed E-state index contributed by atoms with van der Waals surface area (Å²) in [6, 6.07) is 7.58. The van der Waals surface area contributed by atoms with E-state index in [1.54, 1.807) is 11.1 Å².